The van der Waals surface area contributed by atoms with Gasteiger partial charge in [0.25, 0.3) is 0 Å². The molecule has 5 rings (SSSR count). The van der Waals surface area contributed by atoms with Crippen LogP contribution in [0.4, 0.5) is 4.39 Å². The number of rotatable bonds is 2. The average molecular weight is 387 g/mol. The van der Waals surface area contributed by atoms with Gasteiger partial charge in [-0.25, -0.2) is 14.2 Å². The molecule has 1 aliphatic heterocycles. The lowest BCUT2D eigenvalue weighted by Gasteiger charge is -2.22. The molecule has 0 atom stereocenters. The Morgan fingerprint density at radius 1 is 1.00 bits per heavy atom. The number of nitrogens with zero attached hydrogens (tertiary/aromatic N) is 1. The third-order valence-corrected chi connectivity index (χ3v) is 6.06. The topological polar surface area (TPSA) is 50.2 Å². The quantitative estimate of drug-likeness (QED) is 0.457. The molecule has 0 saturated carbocycles. The molecule has 0 radical (unpaired) electrons. The molecule has 2 heterocycles. The van der Waals surface area contributed by atoms with E-state index < -0.39 is 11.8 Å². The van der Waals surface area contributed by atoms with Crippen molar-refractivity contribution in [2.75, 3.05) is 0 Å². The highest BCUT2D eigenvalue weighted by Crippen LogP contribution is 2.44. The molecule has 136 valence electrons. The van der Waals surface area contributed by atoms with E-state index in [-0.39, 0.29) is 5.56 Å². The van der Waals surface area contributed by atoms with E-state index in [0.717, 1.165) is 21.6 Å². The Balaban J connectivity index is 1.74. The molecule has 4 aromatic rings. The minimum Gasteiger partial charge on any atom is -0.478 e. The van der Waals surface area contributed by atoms with Crippen molar-refractivity contribution in [1.82, 2.24) is 4.98 Å². The summed E-state index contributed by atoms with van der Waals surface area (Å²) in [5, 5.41) is 10.2. The molecule has 0 aliphatic carbocycles. The van der Waals surface area contributed by atoms with Crippen LogP contribution in [-0.2, 0) is 5.75 Å². The van der Waals surface area contributed by atoms with Crippen molar-refractivity contribution in [3.05, 3.63) is 83.7 Å². The molecule has 0 fully saturated rings. The molecule has 1 aromatic heterocycles. The Bertz CT molecular complexity index is 1250. The molecule has 0 spiro atoms. The number of hydrogen-bond acceptors (Lipinski definition) is 3. The van der Waals surface area contributed by atoms with Crippen LogP contribution in [0, 0.1) is 5.82 Å². The molecule has 28 heavy (non-hydrogen) atoms. The van der Waals surface area contributed by atoms with Gasteiger partial charge in [-0.1, -0.05) is 42.5 Å². The minimum atomic E-state index is -1.06. The number of thioether (sulfide) groups is 1. The molecule has 0 unspecified atom stereocenters. The Labute approximate surface area is 164 Å². The van der Waals surface area contributed by atoms with Crippen molar-refractivity contribution in [3.8, 4) is 22.4 Å². The fourth-order valence-electron chi connectivity index (χ4n) is 3.68. The first-order chi connectivity index (χ1) is 13.6. The molecule has 0 amide bonds. The number of aromatic carboxylic acids is 1. The maximum atomic E-state index is 13.7. The Kier molecular flexibility index (Phi) is 3.91. The van der Waals surface area contributed by atoms with E-state index in [1.165, 1.54) is 18.2 Å². The van der Waals surface area contributed by atoms with E-state index in [2.05, 4.69) is 18.2 Å². The molecular formula is C23H14FNO2S. The number of aromatic nitrogens is 1. The van der Waals surface area contributed by atoms with Crippen LogP contribution in [0.1, 0.15) is 15.9 Å². The summed E-state index contributed by atoms with van der Waals surface area (Å²) < 4.78 is 13.7. The fraction of sp³-hybridized carbons (Fsp3) is 0.0435. The maximum absolute atomic E-state index is 13.7. The number of hydrogen-bond donors (Lipinski definition) is 1. The van der Waals surface area contributed by atoms with Gasteiger partial charge in [0.1, 0.15) is 5.82 Å². The summed E-state index contributed by atoms with van der Waals surface area (Å²) in [6.07, 6.45) is 0. The number of carboxylic acid groups (broad SMARTS) is 1. The summed E-state index contributed by atoms with van der Waals surface area (Å²) in [6, 6.07) is 20.4. The normalized spacial score (nSPS) is 12.5. The SMILES string of the molecule is O=C(O)c1c2c(nc3ccc(F)cc13)-c1ccc(-c3ccccc3)cc1SC2. The third-order valence-electron chi connectivity index (χ3n) is 4.98. The Morgan fingerprint density at radius 3 is 2.61 bits per heavy atom. The van der Waals surface area contributed by atoms with Crippen LogP contribution < -0.4 is 0 Å². The molecule has 5 heteroatoms. The summed E-state index contributed by atoms with van der Waals surface area (Å²) in [7, 11) is 0. The zero-order valence-corrected chi connectivity index (χ0v) is 15.5. The second-order valence-corrected chi connectivity index (χ2v) is 7.66. The fourth-order valence-corrected chi connectivity index (χ4v) is 4.79. The Hall–Kier alpha value is -3.18. The van der Waals surface area contributed by atoms with Crippen molar-refractivity contribution < 1.29 is 14.3 Å². The second kappa shape index (κ2) is 6.46. The summed E-state index contributed by atoms with van der Waals surface area (Å²) in [5.41, 5.74) is 5.11. The van der Waals surface area contributed by atoms with Crippen molar-refractivity contribution in [2.45, 2.75) is 10.6 Å². The number of halogens is 1. The average Bonchev–Trinajstić information content (AvgIpc) is 2.72. The lowest BCUT2D eigenvalue weighted by Crippen LogP contribution is -2.10. The Morgan fingerprint density at radius 2 is 1.82 bits per heavy atom. The van der Waals surface area contributed by atoms with Crippen molar-refractivity contribution in [1.29, 1.82) is 0 Å². The lowest BCUT2D eigenvalue weighted by molar-refractivity contribution is 0.0698. The van der Waals surface area contributed by atoms with Gasteiger partial charge in [0.05, 0.1) is 16.8 Å². The van der Waals surface area contributed by atoms with Gasteiger partial charge < -0.3 is 5.11 Å². The summed E-state index contributed by atoms with van der Waals surface area (Å²) >= 11 is 1.59. The van der Waals surface area contributed by atoms with Gasteiger partial charge in [-0.05, 0) is 35.4 Å². The summed E-state index contributed by atoms with van der Waals surface area (Å²) in [4.78, 5) is 17.8. The minimum absolute atomic E-state index is 0.143. The molecule has 0 saturated heterocycles. The molecular weight excluding hydrogens is 373 g/mol. The zero-order chi connectivity index (χ0) is 19.3. The highest BCUT2D eigenvalue weighted by atomic mass is 32.2. The van der Waals surface area contributed by atoms with Crippen LogP contribution in [0.3, 0.4) is 0 Å². The highest BCUT2D eigenvalue weighted by molar-refractivity contribution is 7.98. The first-order valence-corrected chi connectivity index (χ1v) is 9.78. The van der Waals surface area contributed by atoms with E-state index in [0.29, 0.717) is 27.9 Å². The monoisotopic (exact) mass is 387 g/mol. The van der Waals surface area contributed by atoms with Gasteiger partial charge in [-0.15, -0.1) is 11.8 Å². The van der Waals surface area contributed by atoms with Gasteiger partial charge >= 0.3 is 5.97 Å². The largest absolute Gasteiger partial charge is 0.478 e. The number of benzene rings is 3. The molecule has 1 N–H and O–H groups in total. The van der Waals surface area contributed by atoms with Gasteiger partial charge in [0, 0.05) is 27.2 Å². The summed E-state index contributed by atoms with van der Waals surface area (Å²) in [6.45, 7) is 0. The molecule has 1 aliphatic rings. The number of carboxylic acids is 1. The van der Waals surface area contributed by atoms with Crippen molar-refractivity contribution in [2.24, 2.45) is 0 Å². The number of carbonyl (C=O) groups is 1. The van der Waals surface area contributed by atoms with Gasteiger partial charge in [-0.2, -0.15) is 0 Å². The lowest BCUT2D eigenvalue weighted by atomic mass is 9.95. The van der Waals surface area contributed by atoms with Crippen molar-refractivity contribution in [3.63, 3.8) is 0 Å². The predicted molar refractivity (Wildman–Crippen MR) is 109 cm³/mol. The number of fused-ring (bicyclic) bond motifs is 4. The van der Waals surface area contributed by atoms with Crippen LogP contribution in [0.5, 0.6) is 0 Å². The van der Waals surface area contributed by atoms with E-state index in [4.69, 9.17) is 4.98 Å². The standard InChI is InChI=1S/C23H14FNO2S/c24-15-7-9-19-17(11-15)21(23(26)27)18-12-28-20-10-14(13-4-2-1-3-5-13)6-8-16(20)22(18)25-19/h1-11H,12H2,(H,26,27). The third kappa shape index (κ3) is 2.67. The maximum Gasteiger partial charge on any atom is 0.336 e. The van der Waals surface area contributed by atoms with Gasteiger partial charge in [-0.3, -0.25) is 0 Å². The van der Waals surface area contributed by atoms with E-state index in [9.17, 15) is 14.3 Å². The molecule has 3 nitrogen and oxygen atoms in total. The van der Waals surface area contributed by atoms with Crippen LogP contribution in [-0.4, -0.2) is 16.1 Å². The van der Waals surface area contributed by atoms with Crippen LogP contribution in [0.15, 0.2) is 71.6 Å². The van der Waals surface area contributed by atoms with Crippen LogP contribution in [0.2, 0.25) is 0 Å². The zero-order valence-electron chi connectivity index (χ0n) is 14.6. The van der Waals surface area contributed by atoms with Crippen LogP contribution >= 0.6 is 11.8 Å². The van der Waals surface area contributed by atoms with E-state index in [1.54, 1.807) is 11.8 Å². The van der Waals surface area contributed by atoms with Gasteiger partial charge in [0.15, 0.2) is 0 Å². The van der Waals surface area contributed by atoms with E-state index >= 15 is 0 Å². The highest BCUT2D eigenvalue weighted by Gasteiger charge is 2.26. The summed E-state index contributed by atoms with van der Waals surface area (Å²) in [5.74, 6) is -1.03. The smallest absolute Gasteiger partial charge is 0.336 e. The first-order valence-electron chi connectivity index (χ1n) is 8.80. The molecule has 0 bridgehead atoms. The van der Waals surface area contributed by atoms with Crippen LogP contribution in [0.25, 0.3) is 33.3 Å². The number of pyridine rings is 1. The van der Waals surface area contributed by atoms with E-state index in [1.807, 2.05) is 30.3 Å². The second-order valence-electron chi connectivity index (χ2n) is 6.65. The van der Waals surface area contributed by atoms with Gasteiger partial charge in [0.2, 0.25) is 0 Å². The predicted octanol–water partition coefficient (Wildman–Crippen LogP) is 6.01. The molecule has 3 aromatic carbocycles. The first kappa shape index (κ1) is 17.0. The van der Waals surface area contributed by atoms with Crippen molar-refractivity contribution >= 4 is 28.6 Å².